The summed E-state index contributed by atoms with van der Waals surface area (Å²) in [6, 6.07) is 36.8. The number of nitrogens with zero attached hydrogens (tertiary/aromatic N) is 2. The van der Waals surface area contributed by atoms with Gasteiger partial charge < -0.3 is 9.97 Å². The van der Waals surface area contributed by atoms with E-state index >= 15 is 0 Å². The molecular formula is C49H52IrN2SSi-2. The average Bonchev–Trinajstić information content (AvgIpc) is 3.88. The fraction of sp³-hybridized carbons (Fsp3) is 0.347. The molecule has 4 aromatic carbocycles. The topological polar surface area (TPSA) is 25.8 Å². The number of benzene rings is 4. The van der Waals surface area contributed by atoms with Crippen molar-refractivity contribution in [2.75, 3.05) is 0 Å². The molecule has 2 fully saturated rings. The van der Waals surface area contributed by atoms with Gasteiger partial charge in [-0.1, -0.05) is 105 Å². The van der Waals surface area contributed by atoms with E-state index < -0.39 is 14.0 Å². The first-order valence-electron chi connectivity index (χ1n) is 20.3. The van der Waals surface area contributed by atoms with E-state index in [2.05, 4.69) is 124 Å². The predicted molar refractivity (Wildman–Crippen MR) is 231 cm³/mol. The van der Waals surface area contributed by atoms with Crippen LogP contribution in [-0.4, -0.2) is 18.0 Å². The standard InChI is InChI=1S/C34H34NS.C15H18NSi.Ir/c1-22-9-7-14-25-17-18-28-27-15-8-16-29(33(27)36-34(28)31(22)25)30-21-26(19-20-35-30)32(24-12-5-6-13-24)23-10-3-2-4-11-23;1-12-10-14(13-8-6-5-7-9-13)16-11-15(12)17(2,3)4;/h7-9,14-15,17-21,23-24,32H,2-6,10-13H2,1H3;5-8,10-11H,1-4H3;/q2*-1;/i32D;;. The molecule has 0 spiro atoms. The van der Waals surface area contributed by atoms with E-state index in [-0.39, 0.29) is 20.1 Å². The van der Waals surface area contributed by atoms with Crippen LogP contribution in [0.5, 0.6) is 0 Å². The van der Waals surface area contributed by atoms with Crippen molar-refractivity contribution in [2.45, 2.75) is 97.2 Å². The van der Waals surface area contributed by atoms with Crippen molar-refractivity contribution >= 4 is 55.5 Å². The Bertz CT molecular complexity index is 2420. The van der Waals surface area contributed by atoms with E-state index in [1.54, 1.807) is 0 Å². The zero-order valence-electron chi connectivity index (χ0n) is 33.4. The van der Waals surface area contributed by atoms with Gasteiger partial charge in [-0.05, 0) is 107 Å². The van der Waals surface area contributed by atoms with E-state index in [1.165, 1.54) is 111 Å². The summed E-state index contributed by atoms with van der Waals surface area (Å²) in [7, 11) is -1.27. The van der Waals surface area contributed by atoms with Crippen LogP contribution >= 0.6 is 11.3 Å². The first-order chi connectivity index (χ1) is 26.1. The Kier molecular flexibility index (Phi) is 11.6. The van der Waals surface area contributed by atoms with Crippen LogP contribution in [0, 0.1) is 37.8 Å². The summed E-state index contributed by atoms with van der Waals surface area (Å²) < 4.78 is 12.7. The molecule has 0 N–H and O–H groups in total. The Morgan fingerprint density at radius 2 is 1.46 bits per heavy atom. The van der Waals surface area contributed by atoms with Crippen LogP contribution in [0.2, 0.25) is 19.6 Å². The third kappa shape index (κ3) is 7.94. The Hall–Kier alpha value is -3.47. The molecule has 54 heavy (non-hydrogen) atoms. The zero-order chi connectivity index (χ0) is 37.5. The molecule has 2 saturated carbocycles. The molecule has 3 heterocycles. The second kappa shape index (κ2) is 16.7. The number of aromatic nitrogens is 2. The number of hydrogen-bond acceptors (Lipinski definition) is 3. The fourth-order valence-corrected chi connectivity index (χ4v) is 12.3. The Balaban J connectivity index is 0.000000218. The Morgan fingerprint density at radius 1 is 0.722 bits per heavy atom. The van der Waals surface area contributed by atoms with Crippen molar-refractivity contribution in [1.29, 1.82) is 0 Å². The Morgan fingerprint density at radius 3 is 2.17 bits per heavy atom. The molecule has 7 aromatic rings. The summed E-state index contributed by atoms with van der Waals surface area (Å²) in [5, 5.41) is 6.70. The summed E-state index contributed by atoms with van der Waals surface area (Å²) >= 11 is 1.88. The van der Waals surface area contributed by atoms with E-state index in [0.717, 1.165) is 22.5 Å². The molecule has 1 atom stereocenters. The van der Waals surface area contributed by atoms with Crippen LogP contribution in [0.1, 0.15) is 81.7 Å². The normalized spacial score (nSPS) is 16.8. The zero-order valence-corrected chi connectivity index (χ0v) is 36.6. The van der Waals surface area contributed by atoms with E-state index in [1.807, 2.05) is 35.7 Å². The Labute approximate surface area is 342 Å². The molecule has 0 aliphatic heterocycles. The molecule has 0 saturated heterocycles. The van der Waals surface area contributed by atoms with E-state index in [0.29, 0.717) is 11.8 Å². The minimum absolute atomic E-state index is 0. The number of fused-ring (bicyclic) bond motifs is 5. The van der Waals surface area contributed by atoms with Crippen molar-refractivity contribution in [1.82, 2.24) is 9.97 Å². The van der Waals surface area contributed by atoms with Gasteiger partial charge in [0.05, 0.1) is 8.07 Å². The largest absolute Gasteiger partial charge is 0.305 e. The van der Waals surface area contributed by atoms with Gasteiger partial charge in [-0.25, -0.2) is 0 Å². The first kappa shape index (κ1) is 37.5. The first-order valence-corrected chi connectivity index (χ1v) is 24.1. The maximum absolute atomic E-state index is 10.0. The van der Waals surface area contributed by atoms with Gasteiger partial charge in [-0.15, -0.1) is 59.7 Å². The summed E-state index contributed by atoms with van der Waals surface area (Å²) in [6.07, 6.45) is 15.2. The molecule has 2 aliphatic rings. The molecular weight excluding hydrogens is 869 g/mol. The number of pyridine rings is 2. The molecule has 1 radical (unpaired) electrons. The van der Waals surface area contributed by atoms with Gasteiger partial charge in [-0.2, -0.15) is 11.3 Å². The maximum atomic E-state index is 10.0. The second-order valence-corrected chi connectivity index (χ2v) is 22.5. The van der Waals surface area contributed by atoms with Crippen molar-refractivity contribution in [2.24, 2.45) is 11.8 Å². The molecule has 0 bridgehead atoms. The molecule has 3 aromatic heterocycles. The summed E-state index contributed by atoms with van der Waals surface area (Å²) in [6.45, 7) is 11.5. The quantitative estimate of drug-likeness (QED) is 0.123. The average molecular weight is 922 g/mol. The van der Waals surface area contributed by atoms with Crippen LogP contribution < -0.4 is 5.19 Å². The molecule has 9 rings (SSSR count). The van der Waals surface area contributed by atoms with Gasteiger partial charge in [0.2, 0.25) is 0 Å². The second-order valence-electron chi connectivity index (χ2n) is 16.4. The molecule has 2 nitrogen and oxygen atoms in total. The summed E-state index contributed by atoms with van der Waals surface area (Å²) in [5.41, 5.74) is 8.00. The van der Waals surface area contributed by atoms with Crippen LogP contribution in [0.25, 0.3) is 53.5 Å². The third-order valence-electron chi connectivity index (χ3n) is 11.7. The summed E-state index contributed by atoms with van der Waals surface area (Å²) in [5.74, 6) is 0.415. The SMILES string of the molecule is Cc1cc(-c2[c-]cccc2)ncc1[Si](C)(C)C.[2H]C(c1ccnc(-c2[c-]ccc3c2sc2c3ccc3cccc(C)c32)c1)(C1CCCCC1)C1CCCC1.[Ir]. The molecule has 0 amide bonds. The van der Waals surface area contributed by atoms with Gasteiger partial charge in [0.15, 0.2) is 0 Å². The minimum atomic E-state index is -1.27. The van der Waals surface area contributed by atoms with Gasteiger partial charge in [0.25, 0.3) is 0 Å². The van der Waals surface area contributed by atoms with Crippen molar-refractivity contribution in [3.05, 3.63) is 126 Å². The summed E-state index contributed by atoms with van der Waals surface area (Å²) in [4.78, 5) is 9.47. The van der Waals surface area contributed by atoms with Crippen LogP contribution in [-0.2, 0) is 20.1 Å². The molecule has 1 unspecified atom stereocenters. The van der Waals surface area contributed by atoms with E-state index in [9.17, 15) is 1.37 Å². The monoisotopic (exact) mass is 922 g/mol. The predicted octanol–water partition coefficient (Wildman–Crippen LogP) is 13.6. The minimum Gasteiger partial charge on any atom is -0.305 e. The van der Waals surface area contributed by atoms with Gasteiger partial charge in [0, 0.05) is 44.0 Å². The van der Waals surface area contributed by atoms with Crippen LogP contribution in [0.4, 0.5) is 0 Å². The number of rotatable bonds is 6. The number of aryl methyl sites for hydroxylation is 2. The van der Waals surface area contributed by atoms with Gasteiger partial charge >= 0.3 is 0 Å². The van der Waals surface area contributed by atoms with Gasteiger partial charge in [-0.3, -0.25) is 0 Å². The third-order valence-corrected chi connectivity index (χ3v) is 15.1. The number of thiophene rings is 1. The molecule has 5 heteroatoms. The molecule has 2 aliphatic carbocycles. The molecule has 279 valence electrons. The van der Waals surface area contributed by atoms with Crippen LogP contribution in [0.3, 0.4) is 0 Å². The van der Waals surface area contributed by atoms with Crippen molar-refractivity contribution < 1.29 is 21.5 Å². The number of hydrogen-bond donors (Lipinski definition) is 0. The fourth-order valence-electron chi connectivity index (χ4n) is 9.18. The smallest absolute Gasteiger partial charge is 0.0798 e. The van der Waals surface area contributed by atoms with Crippen molar-refractivity contribution in [3.8, 4) is 22.5 Å². The van der Waals surface area contributed by atoms with E-state index in [4.69, 9.17) is 4.98 Å². The van der Waals surface area contributed by atoms with Gasteiger partial charge in [0.1, 0.15) is 0 Å². The maximum Gasteiger partial charge on any atom is 0.0798 e. The van der Waals surface area contributed by atoms with Crippen molar-refractivity contribution in [3.63, 3.8) is 0 Å². The van der Waals surface area contributed by atoms with Crippen LogP contribution in [0.15, 0.2) is 97.3 Å².